The van der Waals surface area contributed by atoms with Gasteiger partial charge in [0, 0.05) is 13.1 Å². The molecule has 170 valence electrons. The molecule has 0 bridgehead atoms. The lowest BCUT2D eigenvalue weighted by atomic mass is 10.4. The van der Waals surface area contributed by atoms with Crippen molar-refractivity contribution < 1.29 is 31.1 Å². The van der Waals surface area contributed by atoms with Crippen molar-refractivity contribution in [1.29, 1.82) is 0 Å². The van der Waals surface area contributed by atoms with Crippen molar-refractivity contribution in [3.63, 3.8) is 0 Å². The van der Waals surface area contributed by atoms with Crippen LogP contribution in [0.1, 0.15) is 13.8 Å². The van der Waals surface area contributed by atoms with Crippen molar-refractivity contribution in [2.75, 3.05) is 32.6 Å². The third kappa shape index (κ3) is 5.59. The van der Waals surface area contributed by atoms with Crippen molar-refractivity contribution in [1.82, 2.24) is 19.0 Å². The highest BCUT2D eigenvalue weighted by Gasteiger charge is 2.31. The highest BCUT2D eigenvalue weighted by atomic mass is 32.2. The predicted octanol–water partition coefficient (Wildman–Crippen LogP) is 1.03. The number of rotatable bonds is 9. The van der Waals surface area contributed by atoms with Gasteiger partial charge in [-0.25, -0.2) is 26.4 Å². The van der Waals surface area contributed by atoms with Gasteiger partial charge in [-0.15, -0.1) is 0 Å². The molecule has 1 aromatic heterocycles. The van der Waals surface area contributed by atoms with E-state index in [1.807, 2.05) is 0 Å². The van der Waals surface area contributed by atoms with Crippen LogP contribution in [0.5, 0.6) is 11.8 Å². The summed E-state index contributed by atoms with van der Waals surface area (Å²) in [6, 6.07) is 5.15. The first-order chi connectivity index (χ1) is 14.6. The summed E-state index contributed by atoms with van der Waals surface area (Å²) in [7, 11) is -5.99. The first-order valence-electron chi connectivity index (χ1n) is 8.99. The third-order valence-electron chi connectivity index (χ3n) is 4.01. The van der Waals surface area contributed by atoms with Crippen molar-refractivity contribution in [3.05, 3.63) is 30.3 Å². The van der Waals surface area contributed by atoms with Gasteiger partial charge in [-0.05, 0) is 12.1 Å². The molecule has 31 heavy (non-hydrogen) atoms. The van der Waals surface area contributed by atoms with Crippen molar-refractivity contribution in [3.8, 4) is 11.8 Å². The van der Waals surface area contributed by atoms with E-state index in [1.54, 1.807) is 18.6 Å². The summed E-state index contributed by atoms with van der Waals surface area (Å²) in [6.07, 6.45) is 0. The number of amides is 2. The molecule has 0 saturated heterocycles. The Kier molecular flexibility index (Phi) is 7.75. The van der Waals surface area contributed by atoms with E-state index in [4.69, 9.17) is 9.47 Å². The summed E-state index contributed by atoms with van der Waals surface area (Å²) < 4.78 is 64.1. The molecule has 1 heterocycles. The van der Waals surface area contributed by atoms with Crippen LogP contribution in [0.2, 0.25) is 0 Å². The second kappa shape index (κ2) is 9.89. The minimum Gasteiger partial charge on any atom is -0.481 e. The highest BCUT2D eigenvalue weighted by Crippen LogP contribution is 2.24. The fraction of sp³-hybridized carbons (Fsp3) is 0.353. The molecular formula is C17H23N5O7S2. The van der Waals surface area contributed by atoms with Gasteiger partial charge in [0.1, 0.15) is 9.79 Å². The van der Waals surface area contributed by atoms with Gasteiger partial charge in [-0.1, -0.05) is 26.0 Å². The molecule has 2 amide bonds. The van der Waals surface area contributed by atoms with E-state index in [0.29, 0.717) is 0 Å². The van der Waals surface area contributed by atoms with Crippen LogP contribution in [-0.2, 0) is 20.0 Å². The van der Waals surface area contributed by atoms with Crippen molar-refractivity contribution >= 4 is 32.0 Å². The molecule has 0 spiro atoms. The quantitative estimate of drug-likeness (QED) is 0.543. The van der Waals surface area contributed by atoms with Crippen LogP contribution in [0.15, 0.2) is 40.1 Å². The van der Waals surface area contributed by atoms with E-state index in [0.717, 1.165) is 16.4 Å². The van der Waals surface area contributed by atoms with Gasteiger partial charge in [-0.2, -0.15) is 14.3 Å². The number of nitrogens with zero attached hydrogens (tertiary/aromatic N) is 3. The minimum absolute atomic E-state index is 0.0701. The largest absolute Gasteiger partial charge is 0.481 e. The fourth-order valence-corrected chi connectivity index (χ4v) is 5.73. The summed E-state index contributed by atoms with van der Waals surface area (Å²) in [5.41, 5.74) is 0. The number of methoxy groups -OCH3 is 2. The topological polar surface area (TPSA) is 157 Å². The summed E-state index contributed by atoms with van der Waals surface area (Å²) >= 11 is 0. The second-order valence-electron chi connectivity index (χ2n) is 5.87. The summed E-state index contributed by atoms with van der Waals surface area (Å²) in [4.78, 5) is 19.0. The zero-order chi connectivity index (χ0) is 23.2. The summed E-state index contributed by atoms with van der Waals surface area (Å²) in [5.74, 6) is -0.144. The number of ether oxygens (including phenoxy) is 2. The number of aromatic nitrogens is 2. The van der Waals surface area contributed by atoms with Crippen LogP contribution in [-0.4, -0.2) is 64.4 Å². The number of hydrogen-bond acceptors (Lipinski definition) is 9. The molecule has 0 saturated carbocycles. The minimum atomic E-state index is -4.56. The maximum absolute atomic E-state index is 12.9. The molecule has 2 N–H and O–H groups in total. The number of sulfonamides is 2. The first kappa shape index (κ1) is 24.3. The van der Waals surface area contributed by atoms with Gasteiger partial charge in [0.05, 0.1) is 20.3 Å². The summed E-state index contributed by atoms with van der Waals surface area (Å²) in [6.45, 7) is 3.56. The molecule has 0 aliphatic carbocycles. The number of nitrogens with one attached hydrogen (secondary N) is 2. The Balaban J connectivity index is 2.35. The molecule has 1 aromatic carbocycles. The van der Waals surface area contributed by atoms with Crippen LogP contribution < -0.4 is 19.5 Å². The lowest BCUT2D eigenvalue weighted by Gasteiger charge is -2.20. The number of urea groups is 1. The molecule has 0 aliphatic heterocycles. The summed E-state index contributed by atoms with van der Waals surface area (Å²) in [5, 5.41) is 2.15. The van der Waals surface area contributed by atoms with Crippen LogP contribution in [0.4, 0.5) is 10.7 Å². The first-order valence-corrected chi connectivity index (χ1v) is 11.9. The Morgan fingerprint density at radius 3 is 1.97 bits per heavy atom. The van der Waals surface area contributed by atoms with Crippen LogP contribution in [0.25, 0.3) is 0 Å². The van der Waals surface area contributed by atoms with Gasteiger partial charge < -0.3 is 9.47 Å². The van der Waals surface area contributed by atoms with Crippen molar-refractivity contribution in [2.24, 2.45) is 0 Å². The Bertz CT molecular complexity index is 1130. The Morgan fingerprint density at radius 2 is 1.48 bits per heavy atom. The Morgan fingerprint density at radius 1 is 0.968 bits per heavy atom. The monoisotopic (exact) mass is 473 g/mol. The number of benzene rings is 1. The van der Waals surface area contributed by atoms with Gasteiger partial charge in [-0.3, -0.25) is 5.32 Å². The number of anilines is 1. The van der Waals surface area contributed by atoms with Crippen LogP contribution >= 0.6 is 0 Å². The van der Waals surface area contributed by atoms with E-state index < -0.39 is 35.9 Å². The van der Waals surface area contributed by atoms with E-state index in [-0.39, 0.29) is 30.8 Å². The molecule has 12 nitrogen and oxygen atoms in total. The standard InChI is InChI=1S/C17H23N5O7S2/c1-5-22(6-2)31(26,27)13-10-8-7-9-12(13)30(24,25)21-17(23)20-16-18-14(28-3)11-15(19-16)29-4/h7-11H,5-6H2,1-4H3,(H2,18,19,20,21,23). The van der Waals surface area contributed by atoms with Gasteiger partial charge in [0.2, 0.25) is 27.7 Å². The van der Waals surface area contributed by atoms with E-state index >= 15 is 0 Å². The molecule has 0 unspecified atom stereocenters. The maximum atomic E-state index is 12.9. The number of hydrogen-bond donors (Lipinski definition) is 2. The van der Waals surface area contributed by atoms with Crippen LogP contribution in [0.3, 0.4) is 0 Å². The van der Waals surface area contributed by atoms with E-state index in [2.05, 4.69) is 15.3 Å². The van der Waals surface area contributed by atoms with E-state index in [9.17, 15) is 21.6 Å². The molecular weight excluding hydrogens is 450 g/mol. The average molecular weight is 474 g/mol. The van der Waals surface area contributed by atoms with Gasteiger partial charge in [0.15, 0.2) is 0 Å². The average Bonchev–Trinajstić information content (AvgIpc) is 2.73. The van der Waals surface area contributed by atoms with Gasteiger partial charge >= 0.3 is 6.03 Å². The van der Waals surface area contributed by atoms with E-state index in [1.165, 1.54) is 32.4 Å². The predicted molar refractivity (Wildman–Crippen MR) is 111 cm³/mol. The Labute approximate surface area is 180 Å². The lowest BCUT2D eigenvalue weighted by Crippen LogP contribution is -2.37. The van der Waals surface area contributed by atoms with Crippen LogP contribution in [0, 0.1) is 0 Å². The zero-order valence-corrected chi connectivity index (χ0v) is 18.9. The van der Waals surface area contributed by atoms with Crippen molar-refractivity contribution in [2.45, 2.75) is 23.6 Å². The second-order valence-corrected chi connectivity index (χ2v) is 9.43. The Hall–Kier alpha value is -2.97. The molecule has 0 radical (unpaired) electrons. The maximum Gasteiger partial charge on any atom is 0.335 e. The lowest BCUT2D eigenvalue weighted by molar-refractivity contribution is 0.256. The normalized spacial score (nSPS) is 11.8. The molecule has 0 fully saturated rings. The molecule has 14 heteroatoms. The fourth-order valence-electron chi connectivity index (χ4n) is 2.56. The van der Waals surface area contributed by atoms with Gasteiger partial charge in [0.25, 0.3) is 10.0 Å². The SMILES string of the molecule is CCN(CC)S(=O)(=O)c1ccccc1S(=O)(=O)NC(=O)Nc1nc(OC)cc(OC)n1. The number of carbonyl (C=O) groups excluding carboxylic acids is 1. The molecule has 2 rings (SSSR count). The third-order valence-corrected chi connectivity index (χ3v) is 7.64. The molecule has 2 aromatic rings. The highest BCUT2D eigenvalue weighted by molar-refractivity contribution is 7.92. The molecule has 0 aliphatic rings. The molecule has 0 atom stereocenters. The smallest absolute Gasteiger partial charge is 0.335 e. The number of carbonyl (C=O) groups is 1. The zero-order valence-electron chi connectivity index (χ0n) is 17.3.